The number of alkyl halides is 1. The summed E-state index contributed by atoms with van der Waals surface area (Å²) in [6.07, 6.45) is 18.0. The number of carbonyl (C=O) groups excluding carboxylic acids is 1. The van der Waals surface area contributed by atoms with Crippen LogP contribution >= 0.6 is 15.9 Å². The van der Waals surface area contributed by atoms with Gasteiger partial charge < -0.3 is 53.4 Å². The molecule has 574 valence electrons. The first-order valence-electron chi connectivity index (χ1n) is 39.7. The summed E-state index contributed by atoms with van der Waals surface area (Å²) in [5, 5.41) is 25.9. The number of hydrogen-bond acceptors (Lipinski definition) is 13. The molecule has 10 aromatic carbocycles. The molecule has 0 radical (unpaired) electrons. The minimum Gasteiger partial charge on any atom is -0.481 e. The standard InChI is InChI=1S/C24H27NO3.C22H23NO3.C16H13BrO.C16H14O2.C13H8O2.C6H13N/c1-2-27-24(26)18-13-16-25(17-14-18)15-7-10-19-20-8-3-5-11-22(20)28-23-12-6-4-9-21(19)23;24-22(25)16-11-14-23(15-12-16)13-5-8-17-18-6-1-3-9-20(18)26-21-10-4-2-7-19(17)21;17-11-5-8-12-13-6-1-3-9-15(13)18-16-10-4-2-7-14(12)16;17-16(11-9-10-11)12-5-1-3-7-14(12)18-15-8-4-2-6-13(15)16;14-13-9-5-1-3-7-11(9)15-12-8-4-2-6-10(12)13;1-6-2-4-7-5-3-6/h3-6,8-12,18H,2,7,13-17H2,1H3;1-4,6-10,16H,5,11-15H2,(H,24,25);1-4,6-10H,5,11H2;1-8,11,17H,9-10H2;1-8H;6-7H,2-5H2,1H3. The van der Waals surface area contributed by atoms with Crippen LogP contribution in [0.25, 0.3) is 38.7 Å². The molecule has 1 aliphatic carbocycles. The van der Waals surface area contributed by atoms with E-state index in [1.165, 1.54) is 53.8 Å². The van der Waals surface area contributed by atoms with Crippen molar-refractivity contribution in [3.05, 3.63) is 316 Å². The lowest BCUT2D eigenvalue weighted by Gasteiger charge is -2.36. The van der Waals surface area contributed by atoms with Crippen molar-refractivity contribution in [2.45, 2.75) is 90.1 Å². The lowest BCUT2D eigenvalue weighted by Crippen LogP contribution is -2.37. The number of piperidine rings is 3. The van der Waals surface area contributed by atoms with E-state index in [-0.39, 0.29) is 23.2 Å². The number of esters is 1. The largest absolute Gasteiger partial charge is 0.481 e. The van der Waals surface area contributed by atoms with E-state index in [4.69, 9.17) is 33.2 Å². The molecule has 14 nitrogen and oxygen atoms in total. The Morgan fingerprint density at radius 2 is 0.786 bits per heavy atom. The number of halogens is 1. The van der Waals surface area contributed by atoms with Crippen molar-refractivity contribution in [1.82, 2.24) is 15.1 Å². The molecule has 0 unspecified atom stereocenters. The van der Waals surface area contributed by atoms with Crippen molar-refractivity contribution < 1.29 is 47.9 Å². The van der Waals surface area contributed by atoms with Crippen molar-refractivity contribution in [3.63, 3.8) is 0 Å². The highest BCUT2D eigenvalue weighted by atomic mass is 79.9. The van der Waals surface area contributed by atoms with Gasteiger partial charge in [0.2, 0.25) is 5.43 Å². The zero-order valence-electron chi connectivity index (χ0n) is 63.8. The number of nitrogens with one attached hydrogen (secondary N) is 1. The van der Waals surface area contributed by atoms with Gasteiger partial charge in [0.1, 0.15) is 62.8 Å². The summed E-state index contributed by atoms with van der Waals surface area (Å²) in [6, 6.07) is 79.4. The van der Waals surface area contributed by atoms with Gasteiger partial charge in [-0.15, -0.1) is 0 Å². The Hall–Kier alpha value is -10.7. The predicted octanol–water partition coefficient (Wildman–Crippen LogP) is 21.7. The number of carbonyl (C=O) groups is 2. The van der Waals surface area contributed by atoms with Gasteiger partial charge in [0, 0.05) is 62.9 Å². The number of nitrogens with zero attached hydrogens (tertiary/aromatic N) is 2. The topological polar surface area (TPSA) is 169 Å². The molecule has 0 amide bonds. The molecule has 0 spiro atoms. The number of aliphatic carboxylic acids is 1. The Bertz CT molecular complexity index is 4990. The monoisotopic (exact) mass is 1560 g/mol. The molecular formula is C97H98BrN3O11. The van der Waals surface area contributed by atoms with Crippen LogP contribution in [-0.2, 0) is 19.9 Å². The van der Waals surface area contributed by atoms with Crippen molar-refractivity contribution in [3.8, 4) is 46.0 Å². The highest BCUT2D eigenvalue weighted by Crippen LogP contribution is 2.57. The van der Waals surface area contributed by atoms with Gasteiger partial charge in [-0.2, -0.15) is 0 Å². The second kappa shape index (κ2) is 37.6. The highest BCUT2D eigenvalue weighted by molar-refractivity contribution is 9.09. The lowest BCUT2D eigenvalue weighted by molar-refractivity contribution is -0.149. The minimum atomic E-state index is -0.870. The average Bonchev–Trinajstić information content (AvgIpc) is 1.51. The van der Waals surface area contributed by atoms with E-state index in [9.17, 15) is 19.5 Å². The number of benzene rings is 10. The van der Waals surface area contributed by atoms with Gasteiger partial charge in [-0.1, -0.05) is 211 Å². The molecule has 3 saturated heterocycles. The van der Waals surface area contributed by atoms with E-state index >= 15 is 0 Å². The van der Waals surface area contributed by atoms with Gasteiger partial charge in [-0.05, 0) is 218 Å². The maximum atomic E-state index is 12.0. The third-order valence-electron chi connectivity index (χ3n) is 22.0. The fourth-order valence-electron chi connectivity index (χ4n) is 15.8. The molecule has 0 atom stereocenters. The quantitative estimate of drug-likeness (QED) is 0.0600. The molecule has 8 aliphatic rings. The number of fused-ring (bicyclic) bond motifs is 10. The van der Waals surface area contributed by atoms with Crippen molar-refractivity contribution in [1.29, 1.82) is 0 Å². The molecule has 19 rings (SSSR count). The fourth-order valence-corrected chi connectivity index (χ4v) is 16.0. The number of para-hydroxylation sites is 10. The Kier molecular flexibility index (Phi) is 26.2. The van der Waals surface area contributed by atoms with Crippen LogP contribution in [0.1, 0.15) is 129 Å². The van der Waals surface area contributed by atoms with E-state index in [2.05, 4.69) is 117 Å². The summed E-state index contributed by atoms with van der Waals surface area (Å²) in [5.41, 5.74) is 12.9. The van der Waals surface area contributed by atoms with Gasteiger partial charge in [-0.3, -0.25) is 14.4 Å². The van der Waals surface area contributed by atoms with Gasteiger partial charge in [0.25, 0.3) is 0 Å². The zero-order valence-corrected chi connectivity index (χ0v) is 65.4. The molecule has 11 aromatic rings. The first-order valence-corrected chi connectivity index (χ1v) is 40.9. The number of likely N-dealkylation sites (tertiary alicyclic amines) is 2. The zero-order chi connectivity index (χ0) is 77.2. The number of carboxylic acids is 1. The van der Waals surface area contributed by atoms with E-state index in [1.54, 1.807) is 12.1 Å². The Labute approximate surface area is 665 Å². The van der Waals surface area contributed by atoms with Crippen LogP contribution in [0.15, 0.2) is 270 Å². The van der Waals surface area contributed by atoms with Gasteiger partial charge >= 0.3 is 11.9 Å². The third-order valence-corrected chi connectivity index (χ3v) is 22.5. The summed E-state index contributed by atoms with van der Waals surface area (Å²) in [5.74, 6) is 7.62. The lowest BCUT2D eigenvalue weighted by atomic mass is 9.79. The molecule has 4 fully saturated rings. The number of carboxylic acid groups (broad SMARTS) is 1. The van der Waals surface area contributed by atoms with Gasteiger partial charge in [0.05, 0.1) is 29.2 Å². The molecule has 8 heterocycles. The molecule has 112 heavy (non-hydrogen) atoms. The van der Waals surface area contributed by atoms with Crippen molar-refractivity contribution in [2.24, 2.45) is 23.7 Å². The minimum absolute atomic E-state index is 0.0281. The SMILES string of the molecule is BrCCC=C1c2ccccc2Oc2ccccc21.CC1CCNCC1.CCOC(=O)C1CCN(CCC=C2c3ccccc3Oc3ccccc32)CC1.O=C(O)C1CCN(CCC=C2c3ccccc3Oc3ccccc32)CC1.O=c1c2ccccc2oc2ccccc12.OC1(C2CC2)c2ccccc2Oc2ccccc21. The normalized spacial score (nSPS) is 16.3. The van der Waals surface area contributed by atoms with Crippen LogP contribution in [-0.4, -0.2) is 96.2 Å². The number of allylic oxidation sites excluding steroid dienone is 1. The van der Waals surface area contributed by atoms with Crippen molar-refractivity contribution in [2.75, 3.05) is 64.3 Å². The van der Waals surface area contributed by atoms with Crippen LogP contribution in [0.5, 0.6) is 46.0 Å². The van der Waals surface area contributed by atoms with E-state index < -0.39 is 11.6 Å². The summed E-state index contributed by atoms with van der Waals surface area (Å²) in [7, 11) is 0. The first kappa shape index (κ1) is 78.1. The third kappa shape index (κ3) is 18.6. The second-order valence-electron chi connectivity index (χ2n) is 29.5. The molecule has 1 saturated carbocycles. The highest BCUT2D eigenvalue weighted by Gasteiger charge is 2.51. The van der Waals surface area contributed by atoms with E-state index in [0.29, 0.717) is 34.5 Å². The van der Waals surface area contributed by atoms with Crippen LogP contribution in [0.2, 0.25) is 0 Å². The molecule has 3 N–H and O–H groups in total. The maximum absolute atomic E-state index is 12.0. The predicted molar refractivity (Wildman–Crippen MR) is 450 cm³/mol. The van der Waals surface area contributed by atoms with Crippen molar-refractivity contribution >= 4 is 66.5 Å². The Balaban J connectivity index is 0.000000115. The first-order chi connectivity index (χ1) is 54.9. The molecule has 15 heteroatoms. The molecule has 7 aliphatic heterocycles. The second-order valence-corrected chi connectivity index (χ2v) is 30.3. The van der Waals surface area contributed by atoms with Crippen LogP contribution in [0, 0.1) is 23.7 Å². The maximum Gasteiger partial charge on any atom is 0.309 e. The number of ether oxygens (including phenoxy) is 5. The smallest absolute Gasteiger partial charge is 0.309 e. The van der Waals surface area contributed by atoms with Crippen LogP contribution < -0.4 is 29.7 Å². The summed E-state index contributed by atoms with van der Waals surface area (Å²) >= 11 is 3.48. The molecular weight excluding hydrogens is 1460 g/mol. The number of hydrogen-bond donors (Lipinski definition) is 3. The van der Waals surface area contributed by atoms with E-state index in [1.807, 2.05) is 177 Å². The number of aliphatic hydroxyl groups is 1. The van der Waals surface area contributed by atoms with E-state index in [0.717, 1.165) is 188 Å². The van der Waals surface area contributed by atoms with Crippen LogP contribution in [0.3, 0.4) is 0 Å². The summed E-state index contributed by atoms with van der Waals surface area (Å²) in [6.45, 7) is 12.8. The number of rotatable bonds is 12. The average molecular weight is 1560 g/mol. The van der Waals surface area contributed by atoms with Gasteiger partial charge in [-0.25, -0.2) is 0 Å². The Morgan fingerprint density at radius 1 is 0.455 bits per heavy atom. The fraction of sp³-hybridized carbons (Fsp3) is 0.289. The van der Waals surface area contributed by atoms with Gasteiger partial charge in [0.15, 0.2) is 0 Å². The Morgan fingerprint density at radius 3 is 1.13 bits per heavy atom. The summed E-state index contributed by atoms with van der Waals surface area (Å²) in [4.78, 5) is 39.8. The molecule has 0 bridgehead atoms. The summed E-state index contributed by atoms with van der Waals surface area (Å²) < 4.78 is 34.7. The van der Waals surface area contributed by atoms with Crippen LogP contribution in [0.4, 0.5) is 0 Å². The molecule has 1 aromatic heterocycles.